The third-order valence-corrected chi connectivity index (χ3v) is 2.85. The number of carboxylic acid groups (broad SMARTS) is 1. The van der Waals surface area contributed by atoms with Gasteiger partial charge in [0.15, 0.2) is 0 Å². The molecule has 1 rings (SSSR count). The van der Waals surface area contributed by atoms with Gasteiger partial charge in [0.2, 0.25) is 5.91 Å². The highest BCUT2D eigenvalue weighted by molar-refractivity contribution is 9.10. The SMILES string of the molecule is COc1ccc(NC(=O)NC(=O)CCC(=O)O)cc1Br. The molecule has 8 heteroatoms. The summed E-state index contributed by atoms with van der Waals surface area (Å²) in [6, 6.07) is 4.13. The van der Waals surface area contributed by atoms with Gasteiger partial charge in [0.05, 0.1) is 18.0 Å². The predicted molar refractivity (Wildman–Crippen MR) is 74.7 cm³/mol. The van der Waals surface area contributed by atoms with Crippen molar-refractivity contribution >= 4 is 39.5 Å². The lowest BCUT2D eigenvalue weighted by atomic mass is 10.3. The number of rotatable bonds is 5. The Labute approximate surface area is 123 Å². The topological polar surface area (TPSA) is 105 Å². The maximum atomic E-state index is 11.5. The number of methoxy groups -OCH3 is 1. The van der Waals surface area contributed by atoms with Gasteiger partial charge in [-0.05, 0) is 34.1 Å². The molecule has 0 fully saturated rings. The molecule has 0 aliphatic heterocycles. The van der Waals surface area contributed by atoms with Crippen molar-refractivity contribution in [1.82, 2.24) is 5.32 Å². The fourth-order valence-electron chi connectivity index (χ4n) is 1.32. The summed E-state index contributed by atoms with van der Waals surface area (Å²) >= 11 is 3.26. The third kappa shape index (κ3) is 5.27. The maximum Gasteiger partial charge on any atom is 0.325 e. The van der Waals surface area contributed by atoms with E-state index in [0.29, 0.717) is 15.9 Å². The van der Waals surface area contributed by atoms with Crippen molar-refractivity contribution in [2.24, 2.45) is 0 Å². The number of benzene rings is 1. The highest BCUT2D eigenvalue weighted by Gasteiger charge is 2.10. The number of anilines is 1. The lowest BCUT2D eigenvalue weighted by molar-refractivity contribution is -0.138. The summed E-state index contributed by atoms with van der Waals surface area (Å²) in [5.74, 6) is -1.15. The van der Waals surface area contributed by atoms with Crippen LogP contribution in [0.15, 0.2) is 22.7 Å². The lowest BCUT2D eigenvalue weighted by Gasteiger charge is -2.08. The largest absolute Gasteiger partial charge is 0.496 e. The monoisotopic (exact) mass is 344 g/mol. The Morgan fingerprint density at radius 1 is 1.30 bits per heavy atom. The van der Waals surface area contributed by atoms with E-state index in [2.05, 4.69) is 21.2 Å². The molecule has 1 aromatic carbocycles. The molecule has 0 saturated heterocycles. The quantitative estimate of drug-likeness (QED) is 0.757. The second-order valence-electron chi connectivity index (χ2n) is 3.75. The Morgan fingerprint density at radius 3 is 2.55 bits per heavy atom. The Kier molecular flexibility index (Phi) is 5.98. The highest BCUT2D eigenvalue weighted by atomic mass is 79.9. The first-order chi connectivity index (χ1) is 9.42. The predicted octanol–water partition coefficient (Wildman–Crippen LogP) is 1.97. The number of ether oxygens (including phenoxy) is 1. The number of aliphatic carboxylic acids is 1. The Hall–Kier alpha value is -2.09. The summed E-state index contributed by atoms with van der Waals surface area (Å²) in [7, 11) is 1.51. The fourth-order valence-corrected chi connectivity index (χ4v) is 1.86. The number of halogens is 1. The van der Waals surface area contributed by atoms with Gasteiger partial charge >= 0.3 is 12.0 Å². The van der Waals surface area contributed by atoms with Crippen LogP contribution in [0.25, 0.3) is 0 Å². The summed E-state index contributed by atoms with van der Waals surface area (Å²) in [5, 5.41) is 12.9. The van der Waals surface area contributed by atoms with Gasteiger partial charge < -0.3 is 15.2 Å². The molecule has 3 amide bonds. The zero-order valence-electron chi connectivity index (χ0n) is 10.6. The summed E-state index contributed by atoms with van der Waals surface area (Å²) in [4.78, 5) is 33.0. The highest BCUT2D eigenvalue weighted by Crippen LogP contribution is 2.27. The number of hydrogen-bond donors (Lipinski definition) is 3. The van der Waals surface area contributed by atoms with E-state index in [4.69, 9.17) is 9.84 Å². The lowest BCUT2D eigenvalue weighted by Crippen LogP contribution is -2.34. The van der Waals surface area contributed by atoms with E-state index in [-0.39, 0.29) is 12.8 Å². The minimum absolute atomic E-state index is 0.255. The molecule has 3 N–H and O–H groups in total. The van der Waals surface area contributed by atoms with Gasteiger partial charge in [-0.2, -0.15) is 0 Å². The number of imide groups is 1. The van der Waals surface area contributed by atoms with E-state index in [1.54, 1.807) is 18.2 Å². The number of carbonyl (C=O) groups is 3. The molecule has 0 aromatic heterocycles. The average Bonchev–Trinajstić information content (AvgIpc) is 2.36. The van der Waals surface area contributed by atoms with Crippen LogP contribution in [0, 0.1) is 0 Å². The summed E-state index contributed by atoms with van der Waals surface area (Å²) < 4.78 is 5.69. The standard InChI is InChI=1S/C12H13BrN2O5/c1-20-9-3-2-7(6-8(9)13)14-12(19)15-10(16)4-5-11(17)18/h2-3,6H,4-5H2,1H3,(H,17,18)(H2,14,15,16,19). The Morgan fingerprint density at radius 2 is 2.00 bits per heavy atom. The van der Waals surface area contributed by atoms with Crippen LogP contribution in [0.3, 0.4) is 0 Å². The van der Waals surface area contributed by atoms with Crippen LogP contribution in [0.5, 0.6) is 5.75 Å². The van der Waals surface area contributed by atoms with E-state index < -0.39 is 17.9 Å². The average molecular weight is 345 g/mol. The first kappa shape index (κ1) is 16.0. The summed E-state index contributed by atoms with van der Waals surface area (Å²) in [5.41, 5.74) is 0.459. The molecule has 20 heavy (non-hydrogen) atoms. The molecule has 0 heterocycles. The Balaban J connectivity index is 2.52. The van der Waals surface area contributed by atoms with Crippen LogP contribution < -0.4 is 15.4 Å². The fraction of sp³-hybridized carbons (Fsp3) is 0.250. The van der Waals surface area contributed by atoms with Crippen molar-refractivity contribution in [3.8, 4) is 5.75 Å². The number of carboxylic acids is 1. The number of urea groups is 1. The number of amides is 3. The Bertz CT molecular complexity index is 533. The number of hydrogen-bond acceptors (Lipinski definition) is 4. The van der Waals surface area contributed by atoms with Gasteiger partial charge in [-0.25, -0.2) is 4.79 Å². The molecule has 0 unspecified atom stereocenters. The minimum Gasteiger partial charge on any atom is -0.496 e. The molecule has 0 saturated carbocycles. The van der Waals surface area contributed by atoms with Crippen LogP contribution in [-0.4, -0.2) is 30.1 Å². The molecule has 1 aromatic rings. The van der Waals surface area contributed by atoms with Crippen LogP contribution in [0.2, 0.25) is 0 Å². The molecule has 0 spiro atoms. The van der Waals surface area contributed by atoms with Crippen molar-refractivity contribution in [2.45, 2.75) is 12.8 Å². The van der Waals surface area contributed by atoms with Crippen LogP contribution >= 0.6 is 15.9 Å². The molecule has 0 aliphatic rings. The second-order valence-corrected chi connectivity index (χ2v) is 4.60. The number of carbonyl (C=O) groups excluding carboxylic acids is 2. The molecule has 7 nitrogen and oxygen atoms in total. The van der Waals surface area contributed by atoms with Crippen molar-refractivity contribution in [3.63, 3.8) is 0 Å². The first-order valence-corrected chi connectivity index (χ1v) is 6.38. The summed E-state index contributed by atoms with van der Waals surface area (Å²) in [6.45, 7) is 0. The van der Waals surface area contributed by atoms with E-state index in [1.807, 2.05) is 5.32 Å². The zero-order chi connectivity index (χ0) is 15.1. The van der Waals surface area contributed by atoms with Crippen LogP contribution in [-0.2, 0) is 9.59 Å². The van der Waals surface area contributed by atoms with Crippen molar-refractivity contribution in [1.29, 1.82) is 0 Å². The van der Waals surface area contributed by atoms with Crippen molar-refractivity contribution < 1.29 is 24.2 Å². The van der Waals surface area contributed by atoms with Crippen LogP contribution in [0.4, 0.5) is 10.5 Å². The molecule has 0 atom stereocenters. The molecule has 0 radical (unpaired) electrons. The van der Waals surface area contributed by atoms with E-state index in [1.165, 1.54) is 7.11 Å². The van der Waals surface area contributed by atoms with E-state index in [9.17, 15) is 14.4 Å². The second kappa shape index (κ2) is 7.49. The zero-order valence-corrected chi connectivity index (χ0v) is 12.2. The minimum atomic E-state index is -1.10. The first-order valence-electron chi connectivity index (χ1n) is 5.58. The van der Waals surface area contributed by atoms with Gasteiger partial charge in [-0.1, -0.05) is 0 Å². The molecule has 0 bridgehead atoms. The molecule has 0 aliphatic carbocycles. The molecule has 108 valence electrons. The molecular formula is C12H13BrN2O5. The van der Waals surface area contributed by atoms with Gasteiger partial charge in [0, 0.05) is 12.1 Å². The summed E-state index contributed by atoms with van der Waals surface area (Å²) in [6.07, 6.45) is -0.581. The van der Waals surface area contributed by atoms with Gasteiger partial charge in [0.25, 0.3) is 0 Å². The maximum absolute atomic E-state index is 11.5. The van der Waals surface area contributed by atoms with Gasteiger partial charge in [-0.15, -0.1) is 0 Å². The van der Waals surface area contributed by atoms with E-state index in [0.717, 1.165) is 0 Å². The van der Waals surface area contributed by atoms with Gasteiger partial charge in [-0.3, -0.25) is 14.9 Å². The number of nitrogens with one attached hydrogen (secondary N) is 2. The normalized spacial score (nSPS) is 9.70. The van der Waals surface area contributed by atoms with Crippen LogP contribution in [0.1, 0.15) is 12.8 Å². The third-order valence-electron chi connectivity index (χ3n) is 2.23. The van der Waals surface area contributed by atoms with Crippen molar-refractivity contribution in [3.05, 3.63) is 22.7 Å². The molecular weight excluding hydrogens is 332 g/mol. The smallest absolute Gasteiger partial charge is 0.325 e. The van der Waals surface area contributed by atoms with E-state index >= 15 is 0 Å². The van der Waals surface area contributed by atoms with Crippen molar-refractivity contribution in [2.75, 3.05) is 12.4 Å². The van der Waals surface area contributed by atoms with Gasteiger partial charge in [0.1, 0.15) is 5.75 Å².